The first-order valence-electron chi connectivity index (χ1n) is 16.1. The number of aromatic nitrogens is 5. The van der Waals surface area contributed by atoms with Crippen LogP contribution in [0.2, 0.25) is 0 Å². The van der Waals surface area contributed by atoms with Crippen LogP contribution in [-0.4, -0.2) is 60.9 Å². The van der Waals surface area contributed by atoms with Crippen molar-refractivity contribution in [2.24, 2.45) is 0 Å². The summed E-state index contributed by atoms with van der Waals surface area (Å²) in [4.78, 5) is 21.7. The van der Waals surface area contributed by atoms with Gasteiger partial charge in [-0.25, -0.2) is 9.48 Å². The van der Waals surface area contributed by atoms with E-state index in [1.54, 1.807) is 13.8 Å². The summed E-state index contributed by atoms with van der Waals surface area (Å²) in [5.41, 5.74) is 7.12. The molecule has 0 amide bonds. The number of anilines is 1. The van der Waals surface area contributed by atoms with Gasteiger partial charge < -0.3 is 14.7 Å². The number of rotatable bonds is 10. The van der Waals surface area contributed by atoms with Gasteiger partial charge in [-0.3, -0.25) is 9.51 Å². The first-order chi connectivity index (χ1) is 21.6. The highest BCUT2D eigenvalue weighted by atomic mass is 16.5. The van der Waals surface area contributed by atoms with E-state index in [0.29, 0.717) is 18.5 Å². The van der Waals surface area contributed by atoms with Crippen LogP contribution in [0.15, 0.2) is 57.4 Å². The van der Waals surface area contributed by atoms with E-state index in [1.165, 1.54) is 16.8 Å². The molecule has 0 bridgehead atoms. The summed E-state index contributed by atoms with van der Waals surface area (Å²) in [5.74, 6) is 1.60. The van der Waals surface area contributed by atoms with Crippen LogP contribution in [0, 0.1) is 13.8 Å². The van der Waals surface area contributed by atoms with Crippen molar-refractivity contribution in [2.75, 3.05) is 18.1 Å². The molecular formula is C35H44N6O4. The fraction of sp³-hybridized carbons (Fsp3) is 0.486. The summed E-state index contributed by atoms with van der Waals surface area (Å²) in [6.07, 6.45) is 6.94. The molecule has 10 nitrogen and oxygen atoms in total. The van der Waals surface area contributed by atoms with Gasteiger partial charge in [0, 0.05) is 23.8 Å². The van der Waals surface area contributed by atoms with Crippen molar-refractivity contribution >= 4 is 11.6 Å². The molecule has 4 aromatic rings. The quantitative estimate of drug-likeness (QED) is 0.221. The summed E-state index contributed by atoms with van der Waals surface area (Å²) >= 11 is 0. The zero-order chi connectivity index (χ0) is 31.7. The second-order valence-corrected chi connectivity index (χ2v) is 13.2. The van der Waals surface area contributed by atoms with Crippen molar-refractivity contribution in [3.05, 3.63) is 75.5 Å². The molecule has 2 aromatic carbocycles. The second kappa shape index (κ2) is 12.8. The molecule has 0 atom stereocenters. The molecule has 45 heavy (non-hydrogen) atoms. The number of aryl methyl sites for hydroxylation is 2. The highest BCUT2D eigenvalue weighted by Crippen LogP contribution is 2.37. The van der Waals surface area contributed by atoms with Crippen LogP contribution in [0.3, 0.4) is 0 Å². The monoisotopic (exact) mass is 612 g/mol. The van der Waals surface area contributed by atoms with E-state index >= 15 is 0 Å². The molecule has 0 unspecified atom stereocenters. The van der Waals surface area contributed by atoms with E-state index in [4.69, 9.17) is 19.3 Å². The summed E-state index contributed by atoms with van der Waals surface area (Å²) < 4.78 is 12.9. The third-order valence-corrected chi connectivity index (χ3v) is 8.84. The summed E-state index contributed by atoms with van der Waals surface area (Å²) in [6.45, 7) is 11.1. The van der Waals surface area contributed by atoms with Crippen LogP contribution in [0.1, 0.15) is 76.2 Å². The van der Waals surface area contributed by atoms with E-state index in [1.807, 2.05) is 31.2 Å². The van der Waals surface area contributed by atoms with Crippen LogP contribution >= 0.6 is 0 Å². The van der Waals surface area contributed by atoms with Crippen molar-refractivity contribution in [2.45, 2.75) is 97.3 Å². The van der Waals surface area contributed by atoms with Gasteiger partial charge in [-0.05, 0) is 94.0 Å². The molecule has 2 aromatic heterocycles. The average Bonchev–Trinajstić information content (AvgIpc) is 3.62. The van der Waals surface area contributed by atoms with Gasteiger partial charge in [-0.2, -0.15) is 10.1 Å². The molecule has 2 N–H and O–H groups in total. The van der Waals surface area contributed by atoms with Gasteiger partial charge in [0.1, 0.15) is 5.82 Å². The zero-order valence-electron chi connectivity index (χ0n) is 27.0. The first kappa shape index (κ1) is 31.0. The van der Waals surface area contributed by atoms with Crippen LogP contribution in [0.5, 0.6) is 0 Å². The minimum Gasteiger partial charge on any atom is -0.388 e. The number of aromatic amines is 1. The van der Waals surface area contributed by atoms with Crippen LogP contribution < -0.4 is 10.7 Å². The van der Waals surface area contributed by atoms with Crippen LogP contribution in [0.4, 0.5) is 5.95 Å². The van der Waals surface area contributed by atoms with Crippen molar-refractivity contribution in [3.8, 4) is 22.5 Å². The Balaban J connectivity index is 1.26. The lowest BCUT2D eigenvalue weighted by Gasteiger charge is -2.40. The molecule has 1 fully saturated rings. The van der Waals surface area contributed by atoms with Gasteiger partial charge in [-0.1, -0.05) is 61.0 Å². The number of H-pyrrole nitrogens is 1. The number of nitrogens with one attached hydrogen (secondary N) is 1. The number of benzene rings is 2. The van der Waals surface area contributed by atoms with E-state index in [9.17, 15) is 9.90 Å². The Hall–Kier alpha value is -4.02. The molecule has 1 aliphatic heterocycles. The Morgan fingerprint density at radius 2 is 1.82 bits per heavy atom. The molecule has 238 valence electrons. The molecule has 3 heterocycles. The number of allylic oxidation sites excluding steroid dienone is 1. The van der Waals surface area contributed by atoms with E-state index in [0.717, 1.165) is 85.5 Å². The molecule has 1 aliphatic carbocycles. The minimum absolute atomic E-state index is 0.180. The van der Waals surface area contributed by atoms with Crippen molar-refractivity contribution in [1.29, 1.82) is 0 Å². The molecule has 6 rings (SSSR count). The lowest BCUT2D eigenvalue weighted by atomic mass is 9.89. The Morgan fingerprint density at radius 1 is 1.07 bits per heavy atom. The predicted molar refractivity (Wildman–Crippen MR) is 175 cm³/mol. The standard InChI is InChI=1S/C35H44N6O4/c1-6-9-31-25(19-24-12-17-28(22(2)18-24)29-10-7-8-11-30(29)32-37-34(42)45-39-32)20-40(33-36-23(3)38-41(31)33)26-13-15-27(16-14-26)44-21-35(4,5)43/h7-8,10-12,17-18,26-27,43H,6,9,13-16,19-21H2,1-5H3,(H,37,39,42). The van der Waals surface area contributed by atoms with Crippen molar-refractivity contribution in [1.82, 2.24) is 24.9 Å². The first-order valence-corrected chi connectivity index (χ1v) is 16.1. The predicted octanol–water partition coefficient (Wildman–Crippen LogP) is 6.08. The normalized spacial score (nSPS) is 18.8. The summed E-state index contributed by atoms with van der Waals surface area (Å²) in [7, 11) is 0. The third kappa shape index (κ3) is 6.82. The lowest BCUT2D eigenvalue weighted by molar-refractivity contribution is -0.0636. The summed E-state index contributed by atoms with van der Waals surface area (Å²) in [5, 5.41) is 18.9. The third-order valence-electron chi connectivity index (χ3n) is 8.84. The fourth-order valence-electron chi connectivity index (χ4n) is 6.76. The number of hydrogen-bond donors (Lipinski definition) is 2. The van der Waals surface area contributed by atoms with Gasteiger partial charge in [0.05, 0.1) is 18.3 Å². The molecule has 10 heteroatoms. The van der Waals surface area contributed by atoms with E-state index in [2.05, 4.69) is 51.8 Å². The van der Waals surface area contributed by atoms with Crippen molar-refractivity contribution < 1.29 is 14.4 Å². The van der Waals surface area contributed by atoms with E-state index < -0.39 is 11.4 Å². The van der Waals surface area contributed by atoms with Gasteiger partial charge >= 0.3 is 5.76 Å². The van der Waals surface area contributed by atoms with Gasteiger partial charge in [0.15, 0.2) is 5.82 Å². The molecular weight excluding hydrogens is 568 g/mol. The maximum absolute atomic E-state index is 11.6. The molecule has 2 aliphatic rings. The Morgan fingerprint density at radius 3 is 2.49 bits per heavy atom. The van der Waals surface area contributed by atoms with Crippen LogP contribution in [-0.2, 0) is 11.2 Å². The fourth-order valence-corrected chi connectivity index (χ4v) is 6.76. The largest absolute Gasteiger partial charge is 0.439 e. The number of nitrogens with zero attached hydrogens (tertiary/aromatic N) is 5. The lowest BCUT2D eigenvalue weighted by Crippen LogP contribution is -2.45. The smallest absolute Gasteiger partial charge is 0.388 e. The van der Waals surface area contributed by atoms with Crippen molar-refractivity contribution in [3.63, 3.8) is 0 Å². The van der Waals surface area contributed by atoms with Gasteiger partial charge in [0.25, 0.3) is 0 Å². The molecule has 1 saturated carbocycles. The van der Waals surface area contributed by atoms with Crippen LogP contribution in [0.25, 0.3) is 28.2 Å². The minimum atomic E-state index is -0.815. The Kier molecular flexibility index (Phi) is 8.79. The number of ether oxygens (including phenoxy) is 1. The Labute approximate surface area is 264 Å². The number of hydrogen-bond acceptors (Lipinski definition) is 8. The number of fused-ring (bicyclic) bond motifs is 1. The summed E-state index contributed by atoms with van der Waals surface area (Å²) in [6, 6.07) is 14.9. The SMILES string of the molecule is CCCC1=C(Cc2ccc(-c3ccccc3-c3noc(=O)[nH]3)c(C)c2)CN(C2CCC(OCC(C)(C)O)CC2)c2nc(C)nn21. The highest BCUT2D eigenvalue weighted by Gasteiger charge is 2.34. The van der Waals surface area contributed by atoms with Gasteiger partial charge in [0.2, 0.25) is 5.95 Å². The highest BCUT2D eigenvalue weighted by molar-refractivity contribution is 5.82. The van der Waals surface area contributed by atoms with E-state index in [-0.39, 0.29) is 6.10 Å². The van der Waals surface area contributed by atoms with Gasteiger partial charge in [-0.15, -0.1) is 0 Å². The maximum atomic E-state index is 11.6. The molecule has 0 radical (unpaired) electrons. The maximum Gasteiger partial charge on any atom is 0.439 e. The molecule has 0 spiro atoms. The topological polar surface area (TPSA) is 122 Å². The number of aliphatic hydroxyl groups is 1. The molecule has 0 saturated heterocycles. The average molecular weight is 613 g/mol. The second-order valence-electron chi connectivity index (χ2n) is 13.2. The zero-order valence-corrected chi connectivity index (χ0v) is 27.0. The Bertz CT molecular complexity index is 1730.